The zero-order chi connectivity index (χ0) is 12.1. The largest absolute Gasteiger partial charge is 0.397 e. The second-order valence-electron chi connectivity index (χ2n) is 3.93. The molecule has 2 aromatic carbocycles. The van der Waals surface area contributed by atoms with E-state index in [0.717, 1.165) is 6.42 Å². The van der Waals surface area contributed by atoms with Crippen molar-refractivity contribution < 1.29 is 0 Å². The minimum atomic E-state index is 0.646. The van der Waals surface area contributed by atoms with Gasteiger partial charge in [-0.3, -0.25) is 0 Å². The molecule has 0 saturated carbocycles. The minimum Gasteiger partial charge on any atom is -0.397 e. The third-order valence-corrected chi connectivity index (χ3v) is 2.69. The molecule has 0 spiro atoms. The fourth-order valence-corrected chi connectivity index (χ4v) is 1.71. The van der Waals surface area contributed by atoms with E-state index in [1.807, 2.05) is 12.1 Å². The molecule has 17 heavy (non-hydrogen) atoms. The first kappa shape index (κ1) is 11.3. The molecule has 0 saturated heterocycles. The summed E-state index contributed by atoms with van der Waals surface area (Å²) in [7, 11) is 0. The van der Waals surface area contributed by atoms with Crippen molar-refractivity contribution in [2.45, 2.75) is 6.42 Å². The summed E-state index contributed by atoms with van der Waals surface area (Å²) >= 11 is 0. The third kappa shape index (κ3) is 2.88. The molecule has 1 aliphatic carbocycles. The van der Waals surface area contributed by atoms with Crippen molar-refractivity contribution in [3.63, 3.8) is 0 Å². The molecule has 0 atom stereocenters. The molecule has 0 radical (unpaired) electrons. The number of anilines is 2. The summed E-state index contributed by atoms with van der Waals surface area (Å²) in [6, 6.07) is 15.7. The van der Waals surface area contributed by atoms with E-state index in [1.54, 1.807) is 12.1 Å². The topological polar surface area (TPSA) is 52.0 Å². The first-order valence-electron chi connectivity index (χ1n) is 5.62. The van der Waals surface area contributed by atoms with Gasteiger partial charge in [0.05, 0.1) is 11.4 Å². The molecule has 0 bridgehead atoms. The zero-order valence-electron chi connectivity index (χ0n) is 9.64. The molecular formula is C15H16N2. The zero-order valence-corrected chi connectivity index (χ0v) is 9.64. The molecule has 2 aromatic rings. The van der Waals surface area contributed by atoms with E-state index in [-0.39, 0.29) is 0 Å². The number of rotatable bonds is 0. The Bertz CT molecular complexity index is 509. The van der Waals surface area contributed by atoms with Crippen LogP contribution in [0.1, 0.15) is 11.1 Å². The Morgan fingerprint density at radius 1 is 0.765 bits per heavy atom. The lowest BCUT2D eigenvalue weighted by Gasteiger charge is -1.94. The van der Waals surface area contributed by atoms with Gasteiger partial charge in [-0.05, 0) is 29.7 Å². The standard InChI is InChI=1S/C9H8.C6H8N2/c1-2-5-9-7-3-6-8(9)4-1;7-5-3-1-2-4-6(5)8/h1-6H,7H2;1-4H,7-8H2. The first-order chi connectivity index (χ1) is 8.27. The number of hydrogen-bond acceptors (Lipinski definition) is 2. The van der Waals surface area contributed by atoms with Gasteiger partial charge in [0.15, 0.2) is 0 Å². The number of allylic oxidation sites excluding steroid dienone is 1. The van der Waals surface area contributed by atoms with E-state index in [2.05, 4.69) is 36.4 Å². The molecule has 4 N–H and O–H groups in total. The highest BCUT2D eigenvalue weighted by Gasteiger charge is 2.00. The van der Waals surface area contributed by atoms with Gasteiger partial charge in [0.2, 0.25) is 0 Å². The van der Waals surface area contributed by atoms with Crippen LogP contribution >= 0.6 is 0 Å². The van der Waals surface area contributed by atoms with Gasteiger partial charge in [0, 0.05) is 0 Å². The Balaban J connectivity index is 0.000000128. The van der Waals surface area contributed by atoms with Crippen LogP contribution in [0, 0.1) is 0 Å². The highest BCUT2D eigenvalue weighted by molar-refractivity contribution is 5.62. The lowest BCUT2D eigenvalue weighted by atomic mass is 10.1. The Morgan fingerprint density at radius 2 is 1.35 bits per heavy atom. The van der Waals surface area contributed by atoms with E-state index in [9.17, 15) is 0 Å². The lowest BCUT2D eigenvalue weighted by molar-refractivity contribution is 1.31. The van der Waals surface area contributed by atoms with Gasteiger partial charge in [-0.15, -0.1) is 0 Å². The van der Waals surface area contributed by atoms with Gasteiger partial charge in [-0.1, -0.05) is 48.6 Å². The average molecular weight is 224 g/mol. The molecule has 0 amide bonds. The fourth-order valence-electron chi connectivity index (χ4n) is 1.71. The highest BCUT2D eigenvalue weighted by Crippen LogP contribution is 2.17. The van der Waals surface area contributed by atoms with Crippen LogP contribution < -0.4 is 11.5 Å². The van der Waals surface area contributed by atoms with Gasteiger partial charge < -0.3 is 11.5 Å². The van der Waals surface area contributed by atoms with Crippen LogP contribution in [0.2, 0.25) is 0 Å². The minimum absolute atomic E-state index is 0.646. The number of nitrogen functional groups attached to an aromatic ring is 2. The fraction of sp³-hybridized carbons (Fsp3) is 0.0667. The molecule has 2 nitrogen and oxygen atoms in total. The highest BCUT2D eigenvalue weighted by atomic mass is 14.7. The average Bonchev–Trinajstić information content (AvgIpc) is 2.82. The van der Waals surface area contributed by atoms with Crippen molar-refractivity contribution >= 4 is 17.5 Å². The Kier molecular flexibility index (Phi) is 3.46. The van der Waals surface area contributed by atoms with Crippen molar-refractivity contribution in [1.82, 2.24) is 0 Å². The summed E-state index contributed by atoms with van der Waals surface area (Å²) < 4.78 is 0. The molecule has 0 aromatic heterocycles. The van der Waals surface area contributed by atoms with Crippen LogP contribution in [0.25, 0.3) is 6.08 Å². The lowest BCUT2D eigenvalue weighted by Crippen LogP contribution is -1.91. The Labute approximate surface area is 102 Å². The Hall–Kier alpha value is -2.22. The van der Waals surface area contributed by atoms with Gasteiger partial charge in [0.25, 0.3) is 0 Å². The molecule has 2 heteroatoms. The van der Waals surface area contributed by atoms with Crippen molar-refractivity contribution in [2.24, 2.45) is 0 Å². The Morgan fingerprint density at radius 3 is 1.94 bits per heavy atom. The van der Waals surface area contributed by atoms with Gasteiger partial charge in [-0.25, -0.2) is 0 Å². The van der Waals surface area contributed by atoms with E-state index >= 15 is 0 Å². The molecule has 0 aliphatic heterocycles. The molecule has 0 fully saturated rings. The molecule has 3 rings (SSSR count). The summed E-state index contributed by atoms with van der Waals surface area (Å²) in [6.45, 7) is 0. The number of fused-ring (bicyclic) bond motifs is 1. The predicted molar refractivity (Wildman–Crippen MR) is 74.4 cm³/mol. The summed E-state index contributed by atoms with van der Waals surface area (Å²) in [6.07, 6.45) is 5.50. The number of hydrogen-bond donors (Lipinski definition) is 2. The van der Waals surface area contributed by atoms with Crippen LogP contribution in [0.15, 0.2) is 54.6 Å². The SMILES string of the molecule is C1=Cc2ccccc2C1.Nc1ccccc1N. The van der Waals surface area contributed by atoms with E-state index in [4.69, 9.17) is 11.5 Å². The van der Waals surface area contributed by atoms with Gasteiger partial charge in [-0.2, -0.15) is 0 Å². The van der Waals surface area contributed by atoms with Crippen molar-refractivity contribution in [1.29, 1.82) is 0 Å². The summed E-state index contributed by atoms with van der Waals surface area (Å²) in [5.41, 5.74) is 14.9. The van der Waals surface area contributed by atoms with Crippen molar-refractivity contribution in [3.05, 3.63) is 65.7 Å². The predicted octanol–water partition coefficient (Wildman–Crippen LogP) is 3.11. The second kappa shape index (κ2) is 5.21. The quantitative estimate of drug-likeness (QED) is 0.675. The van der Waals surface area contributed by atoms with Crippen LogP contribution in [0.4, 0.5) is 11.4 Å². The number of para-hydroxylation sites is 2. The molecule has 86 valence electrons. The molecular weight excluding hydrogens is 208 g/mol. The van der Waals surface area contributed by atoms with Crippen LogP contribution in [-0.2, 0) is 6.42 Å². The molecule has 1 aliphatic rings. The maximum atomic E-state index is 5.39. The van der Waals surface area contributed by atoms with Crippen molar-refractivity contribution in [2.75, 3.05) is 11.5 Å². The second-order valence-corrected chi connectivity index (χ2v) is 3.93. The van der Waals surface area contributed by atoms with Crippen molar-refractivity contribution in [3.8, 4) is 0 Å². The normalized spacial score (nSPS) is 11.5. The third-order valence-electron chi connectivity index (χ3n) is 2.69. The van der Waals surface area contributed by atoms with E-state index in [1.165, 1.54) is 11.1 Å². The maximum Gasteiger partial charge on any atom is 0.0547 e. The number of benzene rings is 2. The molecule has 0 unspecified atom stereocenters. The smallest absolute Gasteiger partial charge is 0.0547 e. The van der Waals surface area contributed by atoms with Crippen LogP contribution in [0.3, 0.4) is 0 Å². The number of nitrogens with two attached hydrogens (primary N) is 2. The summed E-state index contributed by atoms with van der Waals surface area (Å²) in [5, 5.41) is 0. The van der Waals surface area contributed by atoms with E-state index in [0.29, 0.717) is 11.4 Å². The van der Waals surface area contributed by atoms with Crippen LogP contribution in [0.5, 0.6) is 0 Å². The van der Waals surface area contributed by atoms with E-state index < -0.39 is 0 Å². The molecule has 0 heterocycles. The van der Waals surface area contributed by atoms with Gasteiger partial charge in [0.1, 0.15) is 0 Å². The first-order valence-corrected chi connectivity index (χ1v) is 5.62. The van der Waals surface area contributed by atoms with Crippen LogP contribution in [-0.4, -0.2) is 0 Å². The van der Waals surface area contributed by atoms with Gasteiger partial charge >= 0.3 is 0 Å². The maximum absolute atomic E-state index is 5.39. The monoisotopic (exact) mass is 224 g/mol. The summed E-state index contributed by atoms with van der Waals surface area (Å²) in [5.74, 6) is 0. The summed E-state index contributed by atoms with van der Waals surface area (Å²) in [4.78, 5) is 0.